The summed E-state index contributed by atoms with van der Waals surface area (Å²) in [6.45, 7) is 3.09. The van der Waals surface area contributed by atoms with Gasteiger partial charge in [-0.15, -0.1) is 11.3 Å². The fraction of sp³-hybridized carbons (Fsp3) is 0.300. The lowest BCUT2D eigenvalue weighted by Crippen LogP contribution is -2.28. The van der Waals surface area contributed by atoms with Crippen LogP contribution in [0.2, 0.25) is 5.15 Å². The molecule has 0 spiro atoms. The van der Waals surface area contributed by atoms with Crippen molar-refractivity contribution in [2.75, 3.05) is 25.0 Å². The minimum atomic E-state index is -3.71. The largest absolute Gasteiger partial charge is 0.492 e. The van der Waals surface area contributed by atoms with E-state index in [0.717, 1.165) is 17.8 Å². The van der Waals surface area contributed by atoms with Crippen LogP contribution < -0.4 is 10.1 Å². The first-order chi connectivity index (χ1) is 14.9. The van der Waals surface area contributed by atoms with E-state index in [2.05, 4.69) is 10.3 Å². The van der Waals surface area contributed by atoms with Gasteiger partial charge >= 0.3 is 0 Å². The van der Waals surface area contributed by atoms with Gasteiger partial charge in [-0.1, -0.05) is 11.6 Å². The molecule has 164 valence electrons. The smallest absolute Gasteiger partial charge is 0.248 e. The Balaban J connectivity index is 1.57. The number of sulfonamides is 1. The number of amides is 1. The fourth-order valence-electron chi connectivity index (χ4n) is 3.39. The van der Waals surface area contributed by atoms with Gasteiger partial charge in [-0.2, -0.15) is 4.31 Å². The lowest BCUT2D eigenvalue weighted by Gasteiger charge is -2.19. The zero-order chi connectivity index (χ0) is 22.0. The molecule has 11 heteroatoms. The minimum Gasteiger partial charge on any atom is -0.492 e. The average Bonchev–Trinajstić information content (AvgIpc) is 3.46. The monoisotopic (exact) mass is 480 g/mol. The number of benzene rings is 1. The normalized spacial score (nSPS) is 15.2. The van der Waals surface area contributed by atoms with Crippen molar-refractivity contribution < 1.29 is 17.9 Å². The van der Waals surface area contributed by atoms with Crippen LogP contribution in [-0.4, -0.2) is 47.7 Å². The summed E-state index contributed by atoms with van der Waals surface area (Å²) in [5.74, 6) is -0.149. The second-order valence-electron chi connectivity index (χ2n) is 6.87. The average molecular weight is 481 g/mol. The number of hydrogen-bond acceptors (Lipinski definition) is 6. The number of carbonyl (C=O) groups excluding carboxylic acids is 1. The molecule has 3 heterocycles. The highest BCUT2D eigenvalue weighted by Crippen LogP contribution is 2.31. The third-order valence-electron chi connectivity index (χ3n) is 4.84. The van der Waals surface area contributed by atoms with E-state index in [9.17, 15) is 13.2 Å². The second kappa shape index (κ2) is 8.99. The van der Waals surface area contributed by atoms with E-state index in [4.69, 9.17) is 16.3 Å². The highest BCUT2D eigenvalue weighted by atomic mass is 35.5. The first kappa shape index (κ1) is 21.8. The summed E-state index contributed by atoms with van der Waals surface area (Å²) in [7, 11) is -3.71. The van der Waals surface area contributed by atoms with Crippen LogP contribution in [-0.2, 0) is 14.8 Å². The van der Waals surface area contributed by atoms with E-state index in [1.165, 1.54) is 27.8 Å². The van der Waals surface area contributed by atoms with Gasteiger partial charge in [0, 0.05) is 36.4 Å². The molecule has 0 radical (unpaired) electrons. The molecule has 3 aromatic rings. The Bertz CT molecular complexity index is 1240. The van der Waals surface area contributed by atoms with Gasteiger partial charge in [0.15, 0.2) is 10.1 Å². The Morgan fingerprint density at radius 2 is 2.13 bits per heavy atom. The van der Waals surface area contributed by atoms with Crippen molar-refractivity contribution in [1.82, 2.24) is 13.7 Å². The van der Waals surface area contributed by atoms with Crippen LogP contribution in [0.3, 0.4) is 0 Å². The van der Waals surface area contributed by atoms with E-state index in [-0.39, 0.29) is 10.6 Å². The predicted octanol–water partition coefficient (Wildman–Crippen LogP) is 3.88. The van der Waals surface area contributed by atoms with Crippen LogP contribution in [0.4, 0.5) is 5.69 Å². The summed E-state index contributed by atoms with van der Waals surface area (Å²) in [5, 5.41) is 4.88. The van der Waals surface area contributed by atoms with Crippen molar-refractivity contribution in [2.45, 2.75) is 24.7 Å². The molecule has 1 aliphatic heterocycles. The van der Waals surface area contributed by atoms with Gasteiger partial charge in [0.1, 0.15) is 10.6 Å². The SMILES string of the molecule is CCOc1ccc(NC(=O)/C=C/c2c(Cl)nc3sccn23)cc1S(=O)(=O)N1CCCC1. The molecule has 0 aliphatic carbocycles. The van der Waals surface area contributed by atoms with Crippen LogP contribution in [0, 0.1) is 0 Å². The van der Waals surface area contributed by atoms with Gasteiger partial charge in [0.05, 0.1) is 12.3 Å². The van der Waals surface area contributed by atoms with Crippen molar-refractivity contribution in [1.29, 1.82) is 0 Å². The third-order valence-corrected chi connectivity index (χ3v) is 7.80. The Morgan fingerprint density at radius 3 is 2.87 bits per heavy atom. The van der Waals surface area contributed by atoms with E-state index >= 15 is 0 Å². The zero-order valence-corrected chi connectivity index (χ0v) is 19.1. The molecule has 1 saturated heterocycles. The highest BCUT2D eigenvalue weighted by molar-refractivity contribution is 7.89. The molecule has 0 unspecified atom stereocenters. The molecule has 2 aromatic heterocycles. The lowest BCUT2D eigenvalue weighted by molar-refractivity contribution is -0.111. The van der Waals surface area contributed by atoms with Crippen LogP contribution in [0.25, 0.3) is 11.0 Å². The number of carbonyl (C=O) groups is 1. The summed E-state index contributed by atoms with van der Waals surface area (Å²) in [5.41, 5.74) is 0.952. The van der Waals surface area contributed by atoms with Gasteiger partial charge in [-0.25, -0.2) is 13.4 Å². The molecule has 1 aromatic carbocycles. The second-order valence-corrected chi connectivity index (χ2v) is 10.0. The first-order valence-corrected chi connectivity index (χ1v) is 12.5. The molecule has 0 saturated carbocycles. The summed E-state index contributed by atoms with van der Waals surface area (Å²) < 4.78 is 34.9. The molecular weight excluding hydrogens is 460 g/mol. The number of halogens is 1. The summed E-state index contributed by atoms with van der Waals surface area (Å²) in [6, 6.07) is 4.62. The number of imidazole rings is 1. The minimum absolute atomic E-state index is 0.0526. The maximum absolute atomic E-state index is 13.1. The molecule has 1 fully saturated rings. The summed E-state index contributed by atoms with van der Waals surface area (Å²) in [4.78, 5) is 17.5. The maximum atomic E-state index is 13.1. The van der Waals surface area contributed by atoms with Crippen molar-refractivity contribution in [3.05, 3.63) is 46.7 Å². The Morgan fingerprint density at radius 1 is 1.35 bits per heavy atom. The fourth-order valence-corrected chi connectivity index (χ4v) is 6.07. The number of fused-ring (bicyclic) bond motifs is 1. The standard InChI is InChI=1S/C20H21ClN4O4S2/c1-2-29-16-7-5-14(13-17(16)31(27,28)24-9-3-4-10-24)22-18(26)8-6-15-19(21)23-20-25(15)11-12-30-20/h5-8,11-13H,2-4,9-10H2,1H3,(H,22,26)/b8-6+. The lowest BCUT2D eigenvalue weighted by atomic mass is 10.3. The highest BCUT2D eigenvalue weighted by Gasteiger charge is 2.30. The molecule has 31 heavy (non-hydrogen) atoms. The van der Waals surface area contributed by atoms with E-state index < -0.39 is 15.9 Å². The number of rotatable bonds is 7. The van der Waals surface area contributed by atoms with Gasteiger partial charge in [-0.05, 0) is 44.0 Å². The molecule has 0 bridgehead atoms. The van der Waals surface area contributed by atoms with Gasteiger partial charge in [-0.3, -0.25) is 9.20 Å². The number of hydrogen-bond donors (Lipinski definition) is 1. The Hall–Kier alpha value is -2.40. The predicted molar refractivity (Wildman–Crippen MR) is 121 cm³/mol. The third kappa shape index (κ3) is 4.47. The van der Waals surface area contributed by atoms with E-state index in [1.807, 2.05) is 11.6 Å². The number of anilines is 1. The summed E-state index contributed by atoms with van der Waals surface area (Å²) in [6.07, 6.45) is 6.38. The van der Waals surface area contributed by atoms with Crippen molar-refractivity contribution in [3.8, 4) is 5.75 Å². The van der Waals surface area contributed by atoms with Crippen LogP contribution in [0.1, 0.15) is 25.5 Å². The van der Waals surface area contributed by atoms with Crippen LogP contribution in [0.15, 0.2) is 40.7 Å². The van der Waals surface area contributed by atoms with Crippen molar-refractivity contribution >= 4 is 55.6 Å². The number of nitrogens with zero attached hydrogens (tertiary/aromatic N) is 3. The molecule has 8 nitrogen and oxygen atoms in total. The number of nitrogens with one attached hydrogen (secondary N) is 1. The maximum Gasteiger partial charge on any atom is 0.248 e. The van der Waals surface area contributed by atoms with Gasteiger partial charge in [0.25, 0.3) is 0 Å². The Kier molecular flexibility index (Phi) is 6.33. The molecular formula is C20H21ClN4O4S2. The van der Waals surface area contributed by atoms with E-state index in [1.54, 1.807) is 29.5 Å². The molecule has 0 atom stereocenters. The van der Waals surface area contributed by atoms with Crippen molar-refractivity contribution in [2.24, 2.45) is 0 Å². The molecule has 1 amide bonds. The first-order valence-electron chi connectivity index (χ1n) is 9.77. The quantitative estimate of drug-likeness (QED) is 0.518. The zero-order valence-electron chi connectivity index (χ0n) is 16.7. The topological polar surface area (TPSA) is 93.0 Å². The number of thiazole rings is 1. The van der Waals surface area contributed by atoms with Gasteiger partial charge < -0.3 is 10.1 Å². The Labute approximate surface area is 189 Å². The summed E-state index contributed by atoms with van der Waals surface area (Å²) >= 11 is 7.58. The van der Waals surface area contributed by atoms with Crippen LogP contribution >= 0.6 is 22.9 Å². The number of ether oxygens (including phenoxy) is 1. The van der Waals surface area contributed by atoms with Crippen LogP contribution in [0.5, 0.6) is 5.75 Å². The van der Waals surface area contributed by atoms with Gasteiger partial charge in [0.2, 0.25) is 15.9 Å². The number of aromatic nitrogens is 2. The molecule has 4 rings (SSSR count). The molecule has 1 aliphatic rings. The molecule has 1 N–H and O–H groups in total. The van der Waals surface area contributed by atoms with E-state index in [0.29, 0.717) is 36.2 Å². The van der Waals surface area contributed by atoms with Crippen molar-refractivity contribution in [3.63, 3.8) is 0 Å².